The first-order valence-corrected chi connectivity index (χ1v) is 11.7. The Labute approximate surface area is 188 Å². The highest BCUT2D eigenvalue weighted by molar-refractivity contribution is 7.92. The monoisotopic (exact) mass is 467 g/mol. The fraction of sp³-hybridized carbons (Fsp3) is 0.130. The molecule has 1 aliphatic rings. The average molecular weight is 468 g/mol. The Balaban J connectivity index is 1.55. The van der Waals surface area contributed by atoms with E-state index in [1.165, 1.54) is 28.6 Å². The number of aryl methyl sites for hydroxylation is 1. The van der Waals surface area contributed by atoms with Gasteiger partial charge in [-0.3, -0.25) is 19.0 Å². The molecule has 7 nitrogen and oxygen atoms in total. The van der Waals surface area contributed by atoms with Crippen molar-refractivity contribution in [2.45, 2.75) is 18.2 Å². The van der Waals surface area contributed by atoms with Gasteiger partial charge in [0, 0.05) is 17.1 Å². The first kappa shape index (κ1) is 20.5. The molecule has 0 aliphatic carbocycles. The quantitative estimate of drug-likeness (QED) is 0.497. The Morgan fingerprint density at radius 2 is 1.88 bits per heavy atom. The molecule has 4 aromatic rings. The summed E-state index contributed by atoms with van der Waals surface area (Å²) in [5, 5.41) is 3.50. The summed E-state index contributed by atoms with van der Waals surface area (Å²) in [6.45, 7) is 2.15. The predicted molar refractivity (Wildman–Crippen MR) is 123 cm³/mol. The first-order chi connectivity index (χ1) is 15.3. The summed E-state index contributed by atoms with van der Waals surface area (Å²) in [5.74, 6) is -0.522. The number of nitrogens with zero attached hydrogens (tertiary/aromatic N) is 2. The van der Waals surface area contributed by atoms with Gasteiger partial charge in [0.1, 0.15) is 0 Å². The maximum absolute atomic E-state index is 13.4. The van der Waals surface area contributed by atoms with E-state index < -0.39 is 15.9 Å². The molecule has 0 spiro atoms. The van der Waals surface area contributed by atoms with E-state index in [0.717, 1.165) is 15.8 Å². The molecule has 0 atom stereocenters. The van der Waals surface area contributed by atoms with Crippen LogP contribution in [0.4, 0.5) is 5.69 Å². The molecular formula is C23H18ClN3O4S. The summed E-state index contributed by atoms with van der Waals surface area (Å²) in [6, 6.07) is 16.1. The number of sulfonamides is 1. The number of nitrogens with one attached hydrogen (secondary N) is 1. The van der Waals surface area contributed by atoms with Gasteiger partial charge >= 0.3 is 0 Å². The smallest absolute Gasteiger partial charge is 0.267 e. The number of carbonyl (C=O) groups is 1. The Bertz CT molecular complexity index is 1570. The van der Waals surface area contributed by atoms with E-state index in [2.05, 4.69) is 5.10 Å². The summed E-state index contributed by atoms with van der Waals surface area (Å²) >= 11 is 6.04. The fourth-order valence-corrected chi connectivity index (χ4v) is 5.79. The van der Waals surface area contributed by atoms with Crippen LogP contribution >= 0.6 is 11.6 Å². The van der Waals surface area contributed by atoms with E-state index in [-0.39, 0.29) is 16.0 Å². The molecule has 0 fully saturated rings. The summed E-state index contributed by atoms with van der Waals surface area (Å²) in [6.07, 6.45) is 0.559. The van der Waals surface area contributed by atoms with Gasteiger partial charge in [0.2, 0.25) is 0 Å². The molecule has 3 aromatic carbocycles. The van der Waals surface area contributed by atoms with Crippen LogP contribution in [0.25, 0.3) is 10.9 Å². The molecule has 5 rings (SSSR count). The number of halogens is 1. The Hall–Kier alpha value is -3.36. The molecule has 1 aliphatic heterocycles. The number of rotatable bonds is 3. The van der Waals surface area contributed by atoms with Gasteiger partial charge in [-0.25, -0.2) is 13.1 Å². The Kier molecular flexibility index (Phi) is 4.72. The third-order valence-corrected chi connectivity index (χ3v) is 7.66. The molecule has 1 aromatic heterocycles. The highest BCUT2D eigenvalue weighted by atomic mass is 35.5. The number of aromatic amines is 1. The molecule has 2 heterocycles. The van der Waals surface area contributed by atoms with Crippen molar-refractivity contribution in [2.24, 2.45) is 0 Å². The summed E-state index contributed by atoms with van der Waals surface area (Å²) in [5.41, 5.74) is 2.54. The van der Waals surface area contributed by atoms with Gasteiger partial charge < -0.3 is 0 Å². The normalized spacial score (nSPS) is 13.5. The number of hydrogen-bond acceptors (Lipinski definition) is 4. The van der Waals surface area contributed by atoms with Crippen LogP contribution in [0, 0.1) is 6.92 Å². The number of fused-ring (bicyclic) bond motifs is 2. The van der Waals surface area contributed by atoms with Gasteiger partial charge in [0.05, 0.1) is 21.5 Å². The lowest BCUT2D eigenvalue weighted by molar-refractivity contribution is 0.0949. The van der Waals surface area contributed by atoms with Crippen molar-refractivity contribution in [3.8, 4) is 0 Å². The minimum Gasteiger partial charge on any atom is -0.267 e. The van der Waals surface area contributed by atoms with Crippen LogP contribution in [0.15, 0.2) is 70.4 Å². The van der Waals surface area contributed by atoms with Gasteiger partial charge in [0.15, 0.2) is 0 Å². The van der Waals surface area contributed by atoms with E-state index in [1.807, 2.05) is 6.92 Å². The van der Waals surface area contributed by atoms with Crippen molar-refractivity contribution in [3.05, 3.63) is 92.7 Å². The second kappa shape index (κ2) is 7.36. The van der Waals surface area contributed by atoms with Crippen LogP contribution in [0.5, 0.6) is 0 Å². The predicted octanol–water partition coefficient (Wildman–Crippen LogP) is 3.73. The molecule has 0 unspecified atom stereocenters. The van der Waals surface area contributed by atoms with E-state index in [4.69, 9.17) is 11.6 Å². The van der Waals surface area contributed by atoms with E-state index in [1.54, 1.807) is 36.4 Å². The van der Waals surface area contributed by atoms with E-state index >= 15 is 0 Å². The van der Waals surface area contributed by atoms with Crippen LogP contribution in [0.3, 0.4) is 0 Å². The number of carbonyl (C=O) groups excluding carboxylic acids is 1. The van der Waals surface area contributed by atoms with Crippen molar-refractivity contribution >= 4 is 44.1 Å². The summed E-state index contributed by atoms with van der Waals surface area (Å²) < 4.78 is 29.2. The number of anilines is 1. The minimum atomic E-state index is -3.89. The van der Waals surface area contributed by atoms with Gasteiger partial charge in [-0.1, -0.05) is 29.3 Å². The zero-order valence-corrected chi connectivity index (χ0v) is 18.6. The molecule has 0 radical (unpaired) electrons. The fourth-order valence-electron chi connectivity index (χ4n) is 4.04. The average Bonchev–Trinajstić information content (AvgIpc) is 3.34. The lowest BCUT2D eigenvalue weighted by atomic mass is 10.1. The molecule has 0 bridgehead atoms. The highest BCUT2D eigenvalue weighted by Crippen LogP contribution is 2.34. The highest BCUT2D eigenvalue weighted by Gasteiger charge is 2.31. The number of benzene rings is 3. The molecule has 162 valence electrons. The zero-order valence-electron chi connectivity index (χ0n) is 17.0. The minimum absolute atomic E-state index is 0.000744. The maximum atomic E-state index is 13.4. The van der Waals surface area contributed by atoms with E-state index in [0.29, 0.717) is 34.6 Å². The lowest BCUT2D eigenvalue weighted by Gasteiger charge is -2.20. The van der Waals surface area contributed by atoms with Gasteiger partial charge in [-0.05, 0) is 67.4 Å². The lowest BCUT2D eigenvalue weighted by Crippen LogP contribution is -2.29. The van der Waals surface area contributed by atoms with Gasteiger partial charge in [-0.2, -0.15) is 0 Å². The second-order valence-corrected chi connectivity index (χ2v) is 10.0. The standard InChI is InChI=1S/C23H18ClN3O4S/c1-14-5-7-21-19(11-14)22(28)25-27(21)23(29)16-3-2-4-18(13-16)32(30,31)26-10-9-15-12-17(24)6-8-20(15)26/h2-8,11-13H,9-10H2,1H3,(H,25,28). The number of hydrogen-bond donors (Lipinski definition) is 1. The van der Waals surface area contributed by atoms with Crippen molar-refractivity contribution in [2.75, 3.05) is 10.8 Å². The van der Waals surface area contributed by atoms with Crippen molar-refractivity contribution in [1.29, 1.82) is 0 Å². The van der Waals surface area contributed by atoms with Crippen LogP contribution in [-0.4, -0.2) is 30.7 Å². The van der Waals surface area contributed by atoms with Crippen molar-refractivity contribution < 1.29 is 13.2 Å². The maximum Gasteiger partial charge on any atom is 0.277 e. The zero-order chi connectivity index (χ0) is 22.6. The molecule has 0 amide bonds. The SMILES string of the molecule is Cc1ccc2c(c1)c(=O)[nH]n2C(=O)c1cccc(S(=O)(=O)N2CCc3cc(Cl)ccc32)c1. The van der Waals surface area contributed by atoms with Crippen LogP contribution in [0.1, 0.15) is 21.5 Å². The topological polar surface area (TPSA) is 92.2 Å². The molecule has 0 saturated carbocycles. The molecule has 1 N–H and O–H groups in total. The Morgan fingerprint density at radius 1 is 1.06 bits per heavy atom. The molecule has 32 heavy (non-hydrogen) atoms. The number of H-pyrrole nitrogens is 1. The summed E-state index contributed by atoms with van der Waals surface area (Å²) in [7, 11) is -3.89. The summed E-state index contributed by atoms with van der Waals surface area (Å²) in [4.78, 5) is 25.5. The largest absolute Gasteiger partial charge is 0.277 e. The molecule has 9 heteroatoms. The Morgan fingerprint density at radius 3 is 2.69 bits per heavy atom. The molecule has 0 saturated heterocycles. The number of aromatic nitrogens is 2. The van der Waals surface area contributed by atoms with Crippen LogP contribution in [-0.2, 0) is 16.4 Å². The van der Waals surface area contributed by atoms with Crippen LogP contribution in [0.2, 0.25) is 5.02 Å². The van der Waals surface area contributed by atoms with Crippen molar-refractivity contribution in [3.63, 3.8) is 0 Å². The van der Waals surface area contributed by atoms with Crippen LogP contribution < -0.4 is 9.86 Å². The van der Waals surface area contributed by atoms with Gasteiger partial charge in [0.25, 0.3) is 21.5 Å². The third-order valence-electron chi connectivity index (χ3n) is 5.62. The molecular weight excluding hydrogens is 450 g/mol. The van der Waals surface area contributed by atoms with Crippen molar-refractivity contribution in [1.82, 2.24) is 9.78 Å². The van der Waals surface area contributed by atoms with Gasteiger partial charge in [-0.15, -0.1) is 0 Å². The van der Waals surface area contributed by atoms with E-state index in [9.17, 15) is 18.0 Å². The third kappa shape index (κ3) is 3.23. The first-order valence-electron chi connectivity index (χ1n) is 9.93. The second-order valence-electron chi connectivity index (χ2n) is 7.73.